The van der Waals surface area contributed by atoms with E-state index in [1.807, 2.05) is 0 Å². The molecule has 1 aliphatic rings. The average Bonchev–Trinajstić information content (AvgIpc) is 3.40. The molecule has 0 fully saturated rings. The number of carbonyl (C=O) groups is 4. The van der Waals surface area contributed by atoms with Crippen LogP contribution in [0, 0.1) is 0 Å². The van der Waals surface area contributed by atoms with Gasteiger partial charge in [0, 0.05) is 22.9 Å². The Kier molecular flexibility index (Phi) is 10.8. The van der Waals surface area contributed by atoms with Crippen LogP contribution in [0.4, 0.5) is 40.8 Å². The van der Waals surface area contributed by atoms with E-state index in [2.05, 4.69) is 34.9 Å². The minimum atomic E-state index is -5.65. The lowest BCUT2D eigenvalue weighted by Gasteiger charge is -2.26. The molecule has 0 saturated heterocycles. The number of halogens is 8. The van der Waals surface area contributed by atoms with Gasteiger partial charge >= 0.3 is 31.3 Å². The van der Waals surface area contributed by atoms with Crippen molar-refractivity contribution in [2.45, 2.75) is 44.0 Å². The number of anilines is 1. The van der Waals surface area contributed by atoms with Crippen molar-refractivity contribution in [2.75, 3.05) is 18.4 Å². The summed E-state index contributed by atoms with van der Waals surface area (Å²) in [5.41, 5.74) is 10.3. The highest BCUT2D eigenvalue weighted by molar-refractivity contribution is 6.07. The van der Waals surface area contributed by atoms with Gasteiger partial charge in [-0.1, -0.05) is 0 Å². The molecule has 14 nitrogen and oxygen atoms in total. The maximum absolute atomic E-state index is 13.6. The Morgan fingerprint density at radius 3 is 2.14 bits per heavy atom. The lowest BCUT2D eigenvalue weighted by Crippen LogP contribution is -2.41. The number of aromatic nitrogens is 2. The first-order valence-electron chi connectivity index (χ1n) is 13.6. The number of nitrogens with two attached hydrogens (primary N) is 2. The smallest absolute Gasteiger partial charge is 0.435 e. The van der Waals surface area contributed by atoms with Gasteiger partial charge in [0.25, 0.3) is 0 Å². The van der Waals surface area contributed by atoms with Crippen molar-refractivity contribution in [3.05, 3.63) is 47.7 Å². The number of hydrogen-bond donors (Lipinski definition) is 4. The molecule has 3 atom stereocenters. The Bertz CT molecular complexity index is 1760. The monoisotopic (exact) mass is 709 g/mol. The van der Waals surface area contributed by atoms with Gasteiger partial charge in [-0.2, -0.15) is 35.8 Å². The predicted octanol–water partition coefficient (Wildman–Crippen LogP) is 2.88. The van der Waals surface area contributed by atoms with Crippen LogP contribution in [0.2, 0.25) is 0 Å². The predicted molar refractivity (Wildman–Crippen MR) is 150 cm³/mol. The largest absolute Gasteiger partial charge is 0.491 e. The summed E-state index contributed by atoms with van der Waals surface area (Å²) in [6, 6.07) is 2.31. The van der Waals surface area contributed by atoms with E-state index in [0.717, 1.165) is 16.9 Å². The number of alkyl halides is 8. The van der Waals surface area contributed by atoms with Gasteiger partial charge in [-0.3, -0.25) is 19.1 Å². The zero-order valence-electron chi connectivity index (χ0n) is 24.3. The van der Waals surface area contributed by atoms with E-state index < -0.39 is 84.8 Å². The first-order chi connectivity index (χ1) is 22.9. The lowest BCUT2D eigenvalue weighted by molar-refractivity contribution is -0.202. The summed E-state index contributed by atoms with van der Waals surface area (Å²) < 4.78 is 118. The molecule has 1 aromatic heterocycles. The van der Waals surface area contributed by atoms with Gasteiger partial charge in [-0.25, -0.2) is 14.2 Å². The zero-order valence-corrected chi connectivity index (χ0v) is 24.3. The molecule has 1 aliphatic heterocycles. The van der Waals surface area contributed by atoms with Crippen LogP contribution in [-0.2, 0) is 19.1 Å². The number of fused-ring (bicyclic) bond motifs is 1. The van der Waals surface area contributed by atoms with Crippen LogP contribution in [-0.4, -0.2) is 78.2 Å². The topological polar surface area (TPSA) is 202 Å². The van der Waals surface area contributed by atoms with Crippen molar-refractivity contribution in [3.63, 3.8) is 0 Å². The van der Waals surface area contributed by atoms with Crippen molar-refractivity contribution >= 4 is 46.3 Å². The fourth-order valence-corrected chi connectivity index (χ4v) is 4.78. The van der Waals surface area contributed by atoms with Gasteiger partial charge in [0.2, 0.25) is 11.8 Å². The molecule has 0 radical (unpaired) electrons. The maximum Gasteiger partial charge on any atom is 0.491 e. The quantitative estimate of drug-likeness (QED) is 0.123. The van der Waals surface area contributed by atoms with Crippen LogP contribution >= 0.6 is 0 Å². The van der Waals surface area contributed by atoms with E-state index in [4.69, 9.17) is 11.5 Å². The van der Waals surface area contributed by atoms with Gasteiger partial charge < -0.3 is 36.3 Å². The minimum absolute atomic E-state index is 0.0494. The number of amides is 2. The summed E-state index contributed by atoms with van der Waals surface area (Å²) in [6.45, 7) is -7.44. The first kappa shape index (κ1) is 36.1. The second kappa shape index (κ2) is 14.6. The standard InChI is InChI=1S/C27H23F8N7O7/c28-12-7-38-26(39-8-12)41-17-3-11(21(36)44)4-18-16(17)9-40-42(18)20(22(37)45)15(6-19(43)49-23(46)27(33,34)35)10-1-13(47-24(29)30)5-14(2-10)48-25(31)32/h1-5,9,12,15,20,24-25H,6-8H2,(H2,36,44)(H2,37,45)(H2,38,39,41)/t15-,20?/m0/s1. The molecule has 0 aliphatic carbocycles. The van der Waals surface area contributed by atoms with Crippen LogP contribution in [0.3, 0.4) is 0 Å². The number of nitrogens with one attached hydrogen (secondary N) is 2. The second-order valence-corrected chi connectivity index (χ2v) is 10.1. The summed E-state index contributed by atoms with van der Waals surface area (Å²) >= 11 is 0. The van der Waals surface area contributed by atoms with Crippen LogP contribution in [0.15, 0.2) is 41.5 Å². The summed E-state index contributed by atoms with van der Waals surface area (Å²) in [5, 5.41) is 9.63. The van der Waals surface area contributed by atoms with Gasteiger partial charge in [0.1, 0.15) is 23.7 Å². The highest BCUT2D eigenvalue weighted by Crippen LogP contribution is 2.39. The van der Waals surface area contributed by atoms with Gasteiger partial charge in [0.15, 0.2) is 5.96 Å². The van der Waals surface area contributed by atoms with Crippen LogP contribution < -0.4 is 31.6 Å². The second-order valence-electron chi connectivity index (χ2n) is 10.1. The number of ether oxygens (including phenoxy) is 3. The minimum Gasteiger partial charge on any atom is -0.435 e. The van der Waals surface area contributed by atoms with E-state index in [1.54, 1.807) is 0 Å². The Balaban J connectivity index is 1.91. The molecule has 0 saturated carbocycles. The van der Waals surface area contributed by atoms with Crippen molar-refractivity contribution in [2.24, 2.45) is 16.5 Å². The zero-order chi connectivity index (χ0) is 36.2. The molecular weight excluding hydrogens is 686 g/mol. The van der Waals surface area contributed by atoms with Crippen molar-refractivity contribution < 1.29 is 68.5 Å². The Morgan fingerprint density at radius 1 is 1.00 bits per heavy atom. The molecule has 2 aromatic carbocycles. The number of primary amides is 2. The molecule has 2 amide bonds. The highest BCUT2D eigenvalue weighted by atomic mass is 19.4. The number of esters is 2. The molecule has 2 unspecified atom stereocenters. The van der Waals surface area contributed by atoms with E-state index in [1.165, 1.54) is 6.07 Å². The SMILES string of the molecule is NC(=O)c1cc(NC2=NCC(F)CN2)c2cnn(C(C(N)=O)[C@@H](CC(=O)OC(=O)C(F)(F)F)c3cc(OC(F)F)cc(OC(F)F)c3)c2c1. The molecule has 0 bridgehead atoms. The summed E-state index contributed by atoms with van der Waals surface area (Å²) in [4.78, 5) is 53.4. The molecule has 0 spiro atoms. The lowest BCUT2D eigenvalue weighted by atomic mass is 9.87. The number of aliphatic imine (C=N–C) groups is 1. The van der Waals surface area contributed by atoms with Crippen molar-refractivity contribution in [1.82, 2.24) is 15.1 Å². The molecule has 264 valence electrons. The summed E-state index contributed by atoms with van der Waals surface area (Å²) in [7, 11) is 0. The van der Waals surface area contributed by atoms with E-state index >= 15 is 0 Å². The van der Waals surface area contributed by atoms with Crippen molar-refractivity contribution in [1.29, 1.82) is 0 Å². The molecular formula is C27H23F8N7O7. The highest BCUT2D eigenvalue weighted by Gasteiger charge is 2.43. The Hall–Kier alpha value is -5.70. The number of guanidine groups is 1. The fraction of sp³-hybridized carbons (Fsp3) is 0.333. The van der Waals surface area contributed by atoms with E-state index in [-0.39, 0.29) is 41.2 Å². The van der Waals surface area contributed by atoms with Crippen LogP contribution in [0.5, 0.6) is 11.5 Å². The summed E-state index contributed by atoms with van der Waals surface area (Å²) in [5.74, 6) is -10.9. The number of nitrogens with zero attached hydrogens (tertiary/aromatic N) is 3. The molecule has 6 N–H and O–H groups in total. The normalized spacial score (nSPS) is 16.0. The Morgan fingerprint density at radius 2 is 1.63 bits per heavy atom. The van der Waals surface area contributed by atoms with E-state index in [0.29, 0.717) is 18.2 Å². The molecule has 2 heterocycles. The average molecular weight is 710 g/mol. The number of hydrogen-bond acceptors (Lipinski definition) is 11. The molecule has 49 heavy (non-hydrogen) atoms. The van der Waals surface area contributed by atoms with Gasteiger partial charge in [0.05, 0.1) is 36.9 Å². The number of rotatable bonds is 12. The van der Waals surface area contributed by atoms with Crippen molar-refractivity contribution in [3.8, 4) is 11.5 Å². The van der Waals surface area contributed by atoms with Gasteiger partial charge in [-0.15, -0.1) is 0 Å². The van der Waals surface area contributed by atoms with E-state index in [9.17, 15) is 54.3 Å². The maximum atomic E-state index is 13.6. The summed E-state index contributed by atoms with van der Waals surface area (Å²) in [6.07, 6.45) is -7.20. The number of carbonyl (C=O) groups excluding carboxylic acids is 4. The fourth-order valence-electron chi connectivity index (χ4n) is 4.78. The number of benzene rings is 2. The molecule has 22 heteroatoms. The third-order valence-electron chi connectivity index (χ3n) is 6.73. The van der Waals surface area contributed by atoms with Crippen LogP contribution in [0.1, 0.15) is 34.3 Å². The molecule has 4 rings (SSSR count). The third-order valence-corrected chi connectivity index (χ3v) is 6.73. The van der Waals surface area contributed by atoms with Gasteiger partial charge in [-0.05, 0) is 29.8 Å². The molecule has 3 aromatic rings. The Labute approximate surface area is 268 Å². The first-order valence-corrected chi connectivity index (χ1v) is 13.6. The van der Waals surface area contributed by atoms with Crippen LogP contribution in [0.25, 0.3) is 10.9 Å². The third kappa shape index (κ3) is 9.01.